The van der Waals surface area contributed by atoms with Gasteiger partial charge in [0.05, 0.1) is 7.11 Å². The number of nitrogens with two attached hydrogens (primary N) is 1. The summed E-state index contributed by atoms with van der Waals surface area (Å²) in [5.41, 5.74) is 3.96. The predicted octanol–water partition coefficient (Wildman–Crippen LogP) is 2.39. The number of hydrogen-bond acceptors (Lipinski definition) is 4. The first-order chi connectivity index (χ1) is 8.28. The van der Waals surface area contributed by atoms with Crippen LogP contribution in [0.3, 0.4) is 0 Å². The minimum atomic E-state index is -4.99. The van der Waals surface area contributed by atoms with Crippen LogP contribution >= 0.6 is 0 Å². The highest BCUT2D eigenvalue weighted by Gasteiger charge is 2.34. The van der Waals surface area contributed by atoms with Crippen molar-refractivity contribution >= 4 is 0 Å². The highest BCUT2D eigenvalue weighted by molar-refractivity contribution is 5.45. The van der Waals surface area contributed by atoms with Crippen molar-refractivity contribution in [2.75, 3.05) is 7.11 Å². The maximum absolute atomic E-state index is 12.4. The maximum atomic E-state index is 12.4. The van der Waals surface area contributed by atoms with Crippen LogP contribution in [0.5, 0.6) is 11.5 Å². The van der Waals surface area contributed by atoms with Crippen LogP contribution in [-0.4, -0.2) is 18.5 Å². The third kappa shape index (κ3) is 3.42. The average Bonchev–Trinajstić information content (AvgIpc) is 2.26. The summed E-state index contributed by atoms with van der Waals surface area (Å²) in [6.07, 6.45) is -7.95. The Morgan fingerprint density at radius 1 is 1.39 bits per heavy atom. The van der Waals surface area contributed by atoms with Gasteiger partial charge in [0, 0.05) is 12.6 Å². The second kappa shape index (κ2) is 5.34. The number of halogens is 5. The zero-order chi connectivity index (χ0) is 13.9. The lowest BCUT2D eigenvalue weighted by molar-refractivity contribution is -0.275. The van der Waals surface area contributed by atoms with Crippen LogP contribution < -0.4 is 15.2 Å². The Kier molecular flexibility index (Phi) is 4.28. The van der Waals surface area contributed by atoms with E-state index in [9.17, 15) is 22.0 Å². The van der Waals surface area contributed by atoms with E-state index in [-0.39, 0.29) is 0 Å². The molecule has 0 spiro atoms. The van der Waals surface area contributed by atoms with E-state index in [1.54, 1.807) is 0 Å². The van der Waals surface area contributed by atoms with Crippen LogP contribution in [0.4, 0.5) is 22.0 Å². The van der Waals surface area contributed by atoms with Crippen molar-refractivity contribution in [1.82, 2.24) is 4.98 Å². The molecule has 18 heavy (non-hydrogen) atoms. The van der Waals surface area contributed by atoms with Gasteiger partial charge in [-0.15, -0.1) is 13.2 Å². The fourth-order valence-corrected chi connectivity index (χ4v) is 1.21. The zero-order valence-corrected chi connectivity index (χ0v) is 9.09. The van der Waals surface area contributed by atoms with Crippen LogP contribution in [0.25, 0.3) is 0 Å². The monoisotopic (exact) mass is 272 g/mol. The predicted molar refractivity (Wildman–Crippen MR) is 50.3 cm³/mol. The van der Waals surface area contributed by atoms with E-state index in [4.69, 9.17) is 5.73 Å². The van der Waals surface area contributed by atoms with E-state index in [2.05, 4.69) is 14.5 Å². The number of pyridine rings is 1. The van der Waals surface area contributed by atoms with Crippen molar-refractivity contribution in [3.8, 4) is 11.5 Å². The van der Waals surface area contributed by atoms with Crippen molar-refractivity contribution < 1.29 is 31.4 Å². The molecule has 0 radical (unpaired) electrons. The molecule has 1 aromatic rings. The molecule has 0 saturated heterocycles. The summed E-state index contributed by atoms with van der Waals surface area (Å²) in [7, 11) is 1.02. The molecule has 9 heteroatoms. The normalized spacial score (nSPS) is 11.8. The molecule has 0 bridgehead atoms. The van der Waals surface area contributed by atoms with Gasteiger partial charge in [0.25, 0.3) is 6.43 Å². The molecule has 1 heterocycles. The second-order valence-corrected chi connectivity index (χ2v) is 3.08. The van der Waals surface area contributed by atoms with Gasteiger partial charge in [-0.1, -0.05) is 0 Å². The summed E-state index contributed by atoms with van der Waals surface area (Å²) in [6.45, 7) is -0.498. The highest BCUT2D eigenvalue weighted by atomic mass is 19.4. The Morgan fingerprint density at radius 3 is 2.39 bits per heavy atom. The number of hydrogen-bond donors (Lipinski definition) is 1. The molecule has 1 rings (SSSR count). The van der Waals surface area contributed by atoms with E-state index in [0.717, 1.165) is 7.11 Å². The van der Waals surface area contributed by atoms with Crippen molar-refractivity contribution in [3.05, 3.63) is 17.5 Å². The summed E-state index contributed by atoms with van der Waals surface area (Å²) < 4.78 is 69.5. The lowest BCUT2D eigenvalue weighted by Crippen LogP contribution is -2.20. The maximum Gasteiger partial charge on any atom is 0.573 e. The topological polar surface area (TPSA) is 57.4 Å². The summed E-state index contributed by atoms with van der Waals surface area (Å²) in [5.74, 6) is -1.31. The van der Waals surface area contributed by atoms with Gasteiger partial charge in [-0.05, 0) is 0 Å². The molecule has 1 aromatic heterocycles. The van der Waals surface area contributed by atoms with Crippen molar-refractivity contribution in [2.24, 2.45) is 5.73 Å². The Hall–Kier alpha value is -1.64. The number of rotatable bonds is 4. The Balaban J connectivity index is 3.30. The first kappa shape index (κ1) is 14.4. The quantitative estimate of drug-likeness (QED) is 0.855. The molecular weight excluding hydrogens is 263 g/mol. The Morgan fingerprint density at radius 2 is 2.00 bits per heavy atom. The lowest BCUT2D eigenvalue weighted by atomic mass is 10.2. The van der Waals surface area contributed by atoms with Crippen molar-refractivity contribution in [1.29, 1.82) is 0 Å². The molecule has 4 nitrogen and oxygen atoms in total. The number of ether oxygens (including phenoxy) is 2. The molecule has 0 aliphatic heterocycles. The average molecular weight is 272 g/mol. The minimum absolute atomic E-state index is 0.457. The third-order valence-corrected chi connectivity index (χ3v) is 1.88. The van der Waals surface area contributed by atoms with E-state index in [1.807, 2.05) is 0 Å². The van der Waals surface area contributed by atoms with Gasteiger partial charge in [-0.2, -0.15) is 0 Å². The first-order valence-electron chi connectivity index (χ1n) is 4.60. The lowest BCUT2D eigenvalue weighted by Gasteiger charge is -2.16. The number of nitrogens with zero attached hydrogens (tertiary/aromatic N) is 1. The van der Waals surface area contributed by atoms with Gasteiger partial charge in [0.2, 0.25) is 0 Å². The molecule has 2 N–H and O–H groups in total. The van der Waals surface area contributed by atoms with Crippen LogP contribution in [0.15, 0.2) is 6.07 Å². The molecule has 0 fully saturated rings. The van der Waals surface area contributed by atoms with E-state index >= 15 is 0 Å². The fourth-order valence-electron chi connectivity index (χ4n) is 1.21. The zero-order valence-electron chi connectivity index (χ0n) is 9.09. The molecule has 0 saturated carbocycles. The van der Waals surface area contributed by atoms with Gasteiger partial charge in [-0.3, -0.25) is 0 Å². The first-order valence-corrected chi connectivity index (χ1v) is 4.60. The van der Waals surface area contributed by atoms with Crippen molar-refractivity contribution in [3.63, 3.8) is 0 Å². The van der Waals surface area contributed by atoms with Crippen LogP contribution in [0.2, 0.25) is 0 Å². The summed E-state index contributed by atoms with van der Waals surface area (Å²) >= 11 is 0. The number of alkyl halides is 5. The summed E-state index contributed by atoms with van der Waals surface area (Å²) in [4.78, 5) is 3.30. The second-order valence-electron chi connectivity index (χ2n) is 3.08. The minimum Gasteiger partial charge on any atom is -0.493 e. The molecule has 102 valence electrons. The van der Waals surface area contributed by atoms with Gasteiger partial charge in [0.1, 0.15) is 11.4 Å². The molecule has 0 aromatic carbocycles. The SMILES string of the molecule is COc1cc(C(F)F)nc(CN)c1OC(F)(F)F. The summed E-state index contributed by atoms with van der Waals surface area (Å²) in [6, 6.07) is 0.672. The van der Waals surface area contributed by atoms with Crippen LogP contribution in [-0.2, 0) is 6.54 Å². The van der Waals surface area contributed by atoms with Crippen LogP contribution in [0.1, 0.15) is 17.8 Å². The van der Waals surface area contributed by atoms with Gasteiger partial charge in [-0.25, -0.2) is 13.8 Å². The van der Waals surface area contributed by atoms with Gasteiger partial charge >= 0.3 is 6.36 Å². The summed E-state index contributed by atoms with van der Waals surface area (Å²) in [5, 5.41) is 0. The highest BCUT2D eigenvalue weighted by Crippen LogP contribution is 2.36. The molecule has 0 aliphatic rings. The standard InChI is InChI=1S/C9H9F5N2O2/c1-17-6-2-4(8(10)11)16-5(3-15)7(6)18-9(12,13)14/h2,8H,3,15H2,1H3. The molecular formula is C9H9F5N2O2. The van der Waals surface area contributed by atoms with Crippen LogP contribution in [0, 0.1) is 0 Å². The van der Waals surface area contributed by atoms with E-state index in [0.29, 0.717) is 6.07 Å². The van der Waals surface area contributed by atoms with Gasteiger partial charge in [0.15, 0.2) is 11.5 Å². The van der Waals surface area contributed by atoms with E-state index < -0.39 is 42.2 Å². The molecule has 0 aliphatic carbocycles. The third-order valence-electron chi connectivity index (χ3n) is 1.88. The smallest absolute Gasteiger partial charge is 0.493 e. The largest absolute Gasteiger partial charge is 0.573 e. The van der Waals surface area contributed by atoms with E-state index in [1.165, 1.54) is 0 Å². The Labute approximate surface area is 98.5 Å². The van der Waals surface area contributed by atoms with Gasteiger partial charge < -0.3 is 15.2 Å². The Bertz CT molecular complexity index is 397. The molecule has 0 unspecified atom stereocenters. The van der Waals surface area contributed by atoms with Crippen molar-refractivity contribution in [2.45, 2.75) is 19.3 Å². The fraction of sp³-hybridized carbons (Fsp3) is 0.444. The molecule has 0 atom stereocenters. The molecule has 0 amide bonds. The number of aromatic nitrogens is 1. The number of methoxy groups -OCH3 is 1.